The first-order valence-electron chi connectivity index (χ1n) is 5.73. The molecule has 0 bridgehead atoms. The Morgan fingerprint density at radius 3 is 2.61 bits per heavy atom. The lowest BCUT2D eigenvalue weighted by Gasteiger charge is -2.18. The Kier molecular flexibility index (Phi) is 3.73. The van der Waals surface area contributed by atoms with E-state index in [0.29, 0.717) is 0 Å². The topological polar surface area (TPSA) is 37.8 Å². The Balaban J connectivity index is 2.26. The van der Waals surface area contributed by atoms with E-state index in [2.05, 4.69) is 70.4 Å². The molecule has 0 saturated carbocycles. The van der Waals surface area contributed by atoms with Crippen molar-refractivity contribution >= 4 is 32.6 Å². The summed E-state index contributed by atoms with van der Waals surface area (Å²) in [5.41, 5.74) is 2.25. The van der Waals surface area contributed by atoms with Gasteiger partial charge in [0.05, 0.1) is 0 Å². The molecule has 2 rings (SSSR count). The number of aromatic nitrogens is 2. The number of benzene rings is 1. The number of hydrogen-bond acceptors (Lipinski definition) is 4. The van der Waals surface area contributed by atoms with Crippen molar-refractivity contribution in [2.45, 2.75) is 33.2 Å². The van der Waals surface area contributed by atoms with E-state index in [1.54, 1.807) is 0 Å². The molecule has 0 atom stereocenters. The Morgan fingerprint density at radius 2 is 2.00 bits per heavy atom. The van der Waals surface area contributed by atoms with Crippen molar-refractivity contribution in [3.8, 4) is 11.4 Å². The van der Waals surface area contributed by atoms with Crippen molar-refractivity contribution in [3.05, 3.63) is 28.2 Å². The molecule has 0 aliphatic heterocycles. The minimum atomic E-state index is 0.00463. The zero-order valence-electron chi connectivity index (χ0n) is 10.9. The average molecular weight is 326 g/mol. The van der Waals surface area contributed by atoms with Crippen molar-refractivity contribution < 1.29 is 0 Å². The van der Waals surface area contributed by atoms with Crippen LogP contribution < -0.4 is 5.32 Å². The Labute approximate surface area is 120 Å². The fourth-order valence-electron chi connectivity index (χ4n) is 1.44. The van der Waals surface area contributed by atoms with E-state index in [0.717, 1.165) is 21.0 Å². The van der Waals surface area contributed by atoms with Gasteiger partial charge in [-0.3, -0.25) is 0 Å². The van der Waals surface area contributed by atoms with Crippen LogP contribution >= 0.6 is 27.5 Å². The van der Waals surface area contributed by atoms with Gasteiger partial charge in [-0.2, -0.15) is 9.36 Å². The average Bonchev–Trinajstić information content (AvgIpc) is 2.68. The first-order valence-corrected chi connectivity index (χ1v) is 7.30. The van der Waals surface area contributed by atoms with E-state index in [4.69, 9.17) is 0 Å². The van der Waals surface area contributed by atoms with Gasteiger partial charge in [0.1, 0.15) is 0 Å². The molecule has 0 amide bonds. The van der Waals surface area contributed by atoms with Crippen molar-refractivity contribution in [2.24, 2.45) is 0 Å². The summed E-state index contributed by atoms with van der Waals surface area (Å²) in [5, 5.41) is 4.19. The van der Waals surface area contributed by atoms with Gasteiger partial charge in [-0.05, 0) is 39.3 Å². The summed E-state index contributed by atoms with van der Waals surface area (Å²) >= 11 is 4.92. The molecule has 0 unspecified atom stereocenters. The maximum absolute atomic E-state index is 4.51. The lowest BCUT2D eigenvalue weighted by atomic mass is 10.1. The molecular weight excluding hydrogens is 310 g/mol. The Bertz CT molecular complexity index is 558. The number of aryl methyl sites for hydroxylation is 1. The second-order valence-corrected chi connectivity index (χ2v) is 6.87. The van der Waals surface area contributed by atoms with Crippen LogP contribution in [0, 0.1) is 6.92 Å². The fraction of sp³-hybridized carbons (Fsp3) is 0.385. The third-order valence-electron chi connectivity index (χ3n) is 2.34. The summed E-state index contributed by atoms with van der Waals surface area (Å²) in [5.74, 6) is 0.771. The van der Waals surface area contributed by atoms with Gasteiger partial charge in [0.25, 0.3) is 0 Å². The molecule has 18 heavy (non-hydrogen) atoms. The molecule has 3 nitrogen and oxygen atoms in total. The molecule has 5 heteroatoms. The summed E-state index contributed by atoms with van der Waals surface area (Å²) in [6.07, 6.45) is 0. The van der Waals surface area contributed by atoms with Crippen LogP contribution in [-0.4, -0.2) is 14.9 Å². The molecule has 1 aromatic heterocycles. The van der Waals surface area contributed by atoms with Gasteiger partial charge in [0.15, 0.2) is 5.82 Å². The second-order valence-electron chi connectivity index (χ2n) is 5.26. The molecule has 0 fully saturated rings. The molecule has 0 radical (unpaired) electrons. The van der Waals surface area contributed by atoms with Crippen molar-refractivity contribution in [1.29, 1.82) is 0 Å². The highest BCUT2D eigenvalue weighted by Gasteiger charge is 2.13. The molecule has 0 aliphatic carbocycles. The summed E-state index contributed by atoms with van der Waals surface area (Å²) in [6.45, 7) is 8.39. The predicted octanol–water partition coefficient (Wildman–Crippen LogP) is 4.49. The number of rotatable bonds is 2. The molecular formula is C13H16BrN3S. The van der Waals surface area contributed by atoms with Crippen LogP contribution in [-0.2, 0) is 0 Å². The highest BCUT2D eigenvalue weighted by molar-refractivity contribution is 9.10. The first-order chi connectivity index (χ1) is 8.35. The molecule has 96 valence electrons. The molecule has 0 saturated heterocycles. The molecule has 2 aromatic rings. The van der Waals surface area contributed by atoms with E-state index in [9.17, 15) is 0 Å². The predicted molar refractivity (Wildman–Crippen MR) is 81.2 cm³/mol. The van der Waals surface area contributed by atoms with Crippen LogP contribution in [0.1, 0.15) is 26.3 Å². The molecule has 1 aromatic carbocycles. The van der Waals surface area contributed by atoms with E-state index >= 15 is 0 Å². The van der Waals surface area contributed by atoms with E-state index in [1.807, 2.05) is 6.07 Å². The smallest absolute Gasteiger partial charge is 0.203 e. The largest absolute Gasteiger partial charge is 0.356 e. The monoisotopic (exact) mass is 325 g/mol. The van der Waals surface area contributed by atoms with Gasteiger partial charge in [-0.1, -0.05) is 28.1 Å². The van der Waals surface area contributed by atoms with Crippen LogP contribution in [0.2, 0.25) is 0 Å². The lowest BCUT2D eigenvalue weighted by molar-refractivity contribution is 0.633. The molecule has 0 spiro atoms. The molecule has 0 aliphatic rings. The highest BCUT2D eigenvalue weighted by atomic mass is 79.9. The second kappa shape index (κ2) is 4.97. The van der Waals surface area contributed by atoms with Crippen LogP contribution in [0.4, 0.5) is 5.13 Å². The summed E-state index contributed by atoms with van der Waals surface area (Å²) in [6, 6.07) is 6.17. The van der Waals surface area contributed by atoms with Gasteiger partial charge in [0, 0.05) is 27.1 Å². The maximum atomic E-state index is 4.51. The lowest BCUT2D eigenvalue weighted by Crippen LogP contribution is -2.25. The third kappa shape index (κ3) is 3.29. The maximum Gasteiger partial charge on any atom is 0.203 e. The number of nitrogens with one attached hydrogen (secondary N) is 1. The zero-order chi connectivity index (χ0) is 13.3. The van der Waals surface area contributed by atoms with E-state index in [1.165, 1.54) is 17.1 Å². The highest BCUT2D eigenvalue weighted by Crippen LogP contribution is 2.26. The summed E-state index contributed by atoms with van der Waals surface area (Å²) in [7, 11) is 0. The van der Waals surface area contributed by atoms with Crippen LogP contribution in [0.15, 0.2) is 22.7 Å². The van der Waals surface area contributed by atoms with Gasteiger partial charge in [0.2, 0.25) is 5.13 Å². The number of anilines is 1. The van der Waals surface area contributed by atoms with Crippen molar-refractivity contribution in [3.63, 3.8) is 0 Å². The van der Waals surface area contributed by atoms with Crippen LogP contribution in [0.3, 0.4) is 0 Å². The third-order valence-corrected chi connectivity index (χ3v) is 3.82. The SMILES string of the molecule is Cc1ccc(-c2nsc(NC(C)(C)C)n2)cc1Br. The van der Waals surface area contributed by atoms with E-state index in [-0.39, 0.29) is 5.54 Å². The fourth-order valence-corrected chi connectivity index (χ4v) is 2.62. The minimum absolute atomic E-state index is 0.00463. The van der Waals surface area contributed by atoms with Crippen molar-refractivity contribution in [2.75, 3.05) is 5.32 Å². The Hall–Kier alpha value is -0.940. The number of nitrogens with zero attached hydrogens (tertiary/aromatic N) is 2. The number of hydrogen-bond donors (Lipinski definition) is 1. The minimum Gasteiger partial charge on any atom is -0.356 e. The Morgan fingerprint density at radius 1 is 1.28 bits per heavy atom. The quantitative estimate of drug-likeness (QED) is 0.884. The number of halogens is 1. The van der Waals surface area contributed by atoms with Gasteiger partial charge in [-0.15, -0.1) is 0 Å². The summed E-state index contributed by atoms with van der Waals surface area (Å²) in [4.78, 5) is 4.51. The van der Waals surface area contributed by atoms with E-state index < -0.39 is 0 Å². The first kappa shape index (κ1) is 13.5. The van der Waals surface area contributed by atoms with Crippen LogP contribution in [0.5, 0.6) is 0 Å². The van der Waals surface area contributed by atoms with Crippen LogP contribution in [0.25, 0.3) is 11.4 Å². The molecule has 1 N–H and O–H groups in total. The van der Waals surface area contributed by atoms with Gasteiger partial charge >= 0.3 is 0 Å². The zero-order valence-corrected chi connectivity index (χ0v) is 13.3. The summed E-state index contributed by atoms with van der Waals surface area (Å²) < 4.78 is 5.47. The van der Waals surface area contributed by atoms with Gasteiger partial charge < -0.3 is 5.32 Å². The molecule has 1 heterocycles. The normalized spacial score (nSPS) is 11.6. The standard InChI is InChI=1S/C13H16BrN3S/c1-8-5-6-9(7-10(8)14)11-15-12(18-17-11)16-13(2,3)4/h5-7H,1-4H3,(H,15,16,17). The van der Waals surface area contributed by atoms with Gasteiger partial charge in [-0.25, -0.2) is 0 Å². The van der Waals surface area contributed by atoms with Crippen molar-refractivity contribution in [1.82, 2.24) is 9.36 Å².